The summed E-state index contributed by atoms with van der Waals surface area (Å²) >= 11 is 0. The molecule has 1 fully saturated rings. The Morgan fingerprint density at radius 2 is 1.81 bits per heavy atom. The molecule has 5 aromatic rings. The second-order valence-corrected chi connectivity index (χ2v) is 9.55. The average Bonchev–Trinajstić information content (AvgIpc) is 3.54. The molecule has 4 aromatic heterocycles. The fraction of sp³-hybridized carbons (Fsp3) is 0.346. The summed E-state index contributed by atoms with van der Waals surface area (Å²) in [6.07, 6.45) is 11.2. The van der Waals surface area contributed by atoms with Gasteiger partial charge in [0.1, 0.15) is 0 Å². The number of rotatable bonds is 7. The molecule has 0 amide bonds. The lowest BCUT2D eigenvalue weighted by molar-refractivity contribution is 0.159. The quantitative estimate of drug-likeness (QED) is 0.336. The topological polar surface area (TPSA) is 113 Å². The Hall–Kier alpha value is -4.25. The third-order valence-corrected chi connectivity index (χ3v) is 6.70. The molecule has 6 rings (SSSR count). The molecule has 1 aliphatic heterocycles. The van der Waals surface area contributed by atoms with Crippen LogP contribution in [0.3, 0.4) is 0 Å². The smallest absolute Gasteiger partial charge is 0.221 e. The Labute approximate surface area is 214 Å². The van der Waals surface area contributed by atoms with Crippen molar-refractivity contribution in [2.45, 2.75) is 19.4 Å². The van der Waals surface area contributed by atoms with E-state index >= 15 is 0 Å². The largest absolute Gasteiger partial charge is 0.490 e. The summed E-state index contributed by atoms with van der Waals surface area (Å²) < 4.78 is 9.46. The lowest BCUT2D eigenvalue weighted by Gasteiger charge is -2.28. The van der Waals surface area contributed by atoms with Gasteiger partial charge < -0.3 is 9.64 Å². The van der Waals surface area contributed by atoms with Gasteiger partial charge in [-0.2, -0.15) is 5.10 Å². The summed E-state index contributed by atoms with van der Waals surface area (Å²) in [6.45, 7) is 3.46. The number of fused-ring (bicyclic) bond motifs is 1. The fourth-order valence-corrected chi connectivity index (χ4v) is 4.52. The standard InChI is InChI=1S/C26H28N10O/c1-34-8-6-18(7-9-34)17-37-22-12-27-24(28-13-22)20-5-3-4-19(10-20)15-36-26-25(32-33-36)29-14-23(31-26)21-11-30-35(2)16-21/h3-5,10-14,16,18H,6-9,15,17H2,1-2H3. The highest BCUT2D eigenvalue weighted by atomic mass is 16.5. The van der Waals surface area contributed by atoms with Crippen molar-refractivity contribution in [1.82, 2.24) is 49.6 Å². The predicted molar refractivity (Wildman–Crippen MR) is 138 cm³/mol. The zero-order valence-corrected chi connectivity index (χ0v) is 20.9. The van der Waals surface area contributed by atoms with Gasteiger partial charge in [-0.25, -0.2) is 24.6 Å². The van der Waals surface area contributed by atoms with Crippen LogP contribution < -0.4 is 4.74 Å². The molecule has 1 aromatic carbocycles. The van der Waals surface area contributed by atoms with Gasteiger partial charge in [-0.05, 0) is 50.5 Å². The van der Waals surface area contributed by atoms with Crippen LogP contribution in [0, 0.1) is 5.92 Å². The molecule has 11 nitrogen and oxygen atoms in total. The lowest BCUT2D eigenvalue weighted by atomic mass is 9.98. The number of nitrogens with zero attached hydrogens (tertiary/aromatic N) is 10. The van der Waals surface area contributed by atoms with E-state index in [0.717, 1.165) is 35.5 Å². The minimum atomic E-state index is 0.493. The van der Waals surface area contributed by atoms with Crippen LogP contribution in [0.2, 0.25) is 0 Å². The molecule has 5 heterocycles. The van der Waals surface area contributed by atoms with Crippen LogP contribution in [0.1, 0.15) is 18.4 Å². The highest BCUT2D eigenvalue weighted by Crippen LogP contribution is 2.22. The molecule has 0 radical (unpaired) electrons. The maximum Gasteiger partial charge on any atom is 0.221 e. The van der Waals surface area contributed by atoms with Gasteiger partial charge in [0.15, 0.2) is 17.2 Å². The Kier molecular flexibility index (Phi) is 6.27. The Balaban J connectivity index is 1.16. The fourth-order valence-electron chi connectivity index (χ4n) is 4.52. The normalized spacial score (nSPS) is 14.9. The maximum atomic E-state index is 5.97. The summed E-state index contributed by atoms with van der Waals surface area (Å²) in [7, 11) is 4.04. The van der Waals surface area contributed by atoms with E-state index in [4.69, 9.17) is 9.72 Å². The van der Waals surface area contributed by atoms with E-state index < -0.39 is 0 Å². The van der Waals surface area contributed by atoms with Crippen molar-refractivity contribution in [2.75, 3.05) is 26.7 Å². The minimum Gasteiger partial charge on any atom is -0.490 e. The molecule has 1 saturated heterocycles. The Morgan fingerprint density at radius 3 is 2.59 bits per heavy atom. The van der Waals surface area contributed by atoms with Crippen molar-refractivity contribution in [3.8, 4) is 28.4 Å². The molecule has 0 spiro atoms. The second-order valence-electron chi connectivity index (χ2n) is 9.55. The number of aromatic nitrogens is 9. The zero-order valence-electron chi connectivity index (χ0n) is 20.9. The van der Waals surface area contributed by atoms with E-state index in [-0.39, 0.29) is 0 Å². The van der Waals surface area contributed by atoms with Crippen LogP contribution in [0.15, 0.2) is 55.2 Å². The molecule has 1 aliphatic rings. The molecule has 0 N–H and O–H groups in total. The number of benzene rings is 1. The number of aryl methyl sites for hydroxylation is 1. The van der Waals surface area contributed by atoms with Gasteiger partial charge in [0.2, 0.25) is 5.65 Å². The summed E-state index contributed by atoms with van der Waals surface area (Å²) in [4.78, 5) is 20.6. The van der Waals surface area contributed by atoms with Crippen LogP contribution in [0.25, 0.3) is 33.9 Å². The van der Waals surface area contributed by atoms with Crippen LogP contribution in [0.5, 0.6) is 5.75 Å². The molecule has 0 atom stereocenters. The first-order valence-electron chi connectivity index (χ1n) is 12.4. The molecule has 188 valence electrons. The molecular formula is C26H28N10O. The molecular weight excluding hydrogens is 468 g/mol. The highest BCUT2D eigenvalue weighted by Gasteiger charge is 2.17. The van der Waals surface area contributed by atoms with Crippen molar-refractivity contribution >= 4 is 11.3 Å². The number of piperidine rings is 1. The van der Waals surface area contributed by atoms with Gasteiger partial charge in [-0.1, -0.05) is 23.4 Å². The van der Waals surface area contributed by atoms with Crippen molar-refractivity contribution in [2.24, 2.45) is 13.0 Å². The number of hydrogen-bond acceptors (Lipinski definition) is 9. The van der Waals surface area contributed by atoms with Crippen molar-refractivity contribution < 1.29 is 4.74 Å². The van der Waals surface area contributed by atoms with Gasteiger partial charge in [-0.15, -0.1) is 5.10 Å². The first kappa shape index (κ1) is 23.2. The average molecular weight is 497 g/mol. The number of ether oxygens (including phenoxy) is 1. The van der Waals surface area contributed by atoms with E-state index in [9.17, 15) is 0 Å². The third-order valence-electron chi connectivity index (χ3n) is 6.70. The molecule has 0 unspecified atom stereocenters. The van der Waals surface area contributed by atoms with Crippen molar-refractivity contribution in [1.29, 1.82) is 0 Å². The number of hydrogen-bond donors (Lipinski definition) is 0. The van der Waals surface area contributed by atoms with Crippen molar-refractivity contribution in [3.05, 3.63) is 60.8 Å². The zero-order chi connectivity index (χ0) is 25.2. The van der Waals surface area contributed by atoms with Crippen LogP contribution in [0.4, 0.5) is 0 Å². The van der Waals surface area contributed by atoms with Crippen molar-refractivity contribution in [3.63, 3.8) is 0 Å². The summed E-state index contributed by atoms with van der Waals surface area (Å²) in [5.41, 5.74) is 4.69. The molecule has 37 heavy (non-hydrogen) atoms. The summed E-state index contributed by atoms with van der Waals surface area (Å²) in [5, 5.41) is 12.7. The van der Waals surface area contributed by atoms with E-state index in [1.807, 2.05) is 31.4 Å². The second kappa shape index (κ2) is 10.0. The highest BCUT2D eigenvalue weighted by molar-refractivity contribution is 5.69. The SMILES string of the molecule is CN1CCC(COc2cnc(-c3cccc(Cn4nnc5ncc(-c6cnn(C)c6)nc54)c3)nc2)CC1. The van der Waals surface area contributed by atoms with Gasteiger partial charge in [-0.3, -0.25) is 4.68 Å². The van der Waals surface area contributed by atoms with E-state index in [2.05, 4.69) is 48.4 Å². The van der Waals surface area contributed by atoms with E-state index in [0.29, 0.717) is 41.9 Å². The van der Waals surface area contributed by atoms with Crippen LogP contribution in [-0.2, 0) is 13.6 Å². The monoisotopic (exact) mass is 496 g/mol. The lowest BCUT2D eigenvalue weighted by Crippen LogP contribution is -2.32. The van der Waals surface area contributed by atoms with E-state index in [1.165, 1.54) is 12.8 Å². The van der Waals surface area contributed by atoms with Crippen LogP contribution >= 0.6 is 0 Å². The summed E-state index contributed by atoms with van der Waals surface area (Å²) in [5.74, 6) is 1.94. The first-order valence-corrected chi connectivity index (χ1v) is 12.4. The minimum absolute atomic E-state index is 0.493. The molecule has 0 saturated carbocycles. The third kappa shape index (κ3) is 5.17. The molecule has 0 bridgehead atoms. The molecule has 11 heteroatoms. The van der Waals surface area contributed by atoms with E-state index in [1.54, 1.807) is 34.2 Å². The Bertz CT molecular complexity index is 1500. The van der Waals surface area contributed by atoms with Gasteiger partial charge >= 0.3 is 0 Å². The van der Waals surface area contributed by atoms with Gasteiger partial charge in [0, 0.05) is 24.4 Å². The predicted octanol–water partition coefficient (Wildman–Crippen LogP) is 2.85. The first-order chi connectivity index (χ1) is 18.1. The summed E-state index contributed by atoms with van der Waals surface area (Å²) in [6, 6.07) is 8.08. The maximum absolute atomic E-state index is 5.97. The van der Waals surface area contributed by atoms with Crippen LogP contribution in [-0.4, -0.2) is 76.4 Å². The van der Waals surface area contributed by atoms with Gasteiger partial charge in [0.05, 0.1) is 43.6 Å². The van der Waals surface area contributed by atoms with Gasteiger partial charge in [0.25, 0.3) is 0 Å². The molecule has 0 aliphatic carbocycles. The Morgan fingerprint density at radius 1 is 0.973 bits per heavy atom. The number of likely N-dealkylation sites (tertiary alicyclic amines) is 1.